The zero-order valence-corrected chi connectivity index (χ0v) is 15.8. The van der Waals surface area contributed by atoms with E-state index in [9.17, 15) is 9.59 Å². The van der Waals surface area contributed by atoms with Gasteiger partial charge in [-0.15, -0.1) is 0 Å². The number of rotatable bonds is 4. The van der Waals surface area contributed by atoms with Crippen LogP contribution in [0.4, 0.5) is 0 Å². The molecular weight excluding hydrogens is 370 g/mol. The Bertz CT molecular complexity index is 1090. The Morgan fingerprint density at radius 1 is 1.31 bits per heavy atom. The van der Waals surface area contributed by atoms with Crippen LogP contribution in [0.5, 0.6) is 0 Å². The molecule has 8 nitrogen and oxygen atoms in total. The van der Waals surface area contributed by atoms with Crippen molar-refractivity contribution in [2.75, 3.05) is 6.54 Å². The maximum Gasteiger partial charge on any atom is 0.271 e. The number of nitrogens with zero attached hydrogens (tertiary/aromatic N) is 4. The number of imidazole rings is 1. The van der Waals surface area contributed by atoms with Gasteiger partial charge in [-0.3, -0.25) is 9.59 Å². The van der Waals surface area contributed by atoms with E-state index < -0.39 is 0 Å². The molecule has 0 bridgehead atoms. The molecule has 0 aliphatic carbocycles. The van der Waals surface area contributed by atoms with E-state index in [1.807, 2.05) is 11.5 Å². The second kappa shape index (κ2) is 7.64. The fraction of sp³-hybridized carbons (Fsp3) is 0.238. The highest BCUT2D eigenvalue weighted by molar-refractivity contribution is 5.95. The summed E-state index contributed by atoms with van der Waals surface area (Å²) in [5.41, 5.74) is 1.21. The van der Waals surface area contributed by atoms with Gasteiger partial charge in [0, 0.05) is 24.8 Å². The van der Waals surface area contributed by atoms with Gasteiger partial charge in [-0.05, 0) is 37.3 Å². The molecule has 1 atom stereocenters. The summed E-state index contributed by atoms with van der Waals surface area (Å²) in [5, 5.41) is 11.8. The lowest BCUT2D eigenvalue weighted by atomic mass is 10.1. The average molecular weight is 389 g/mol. The molecule has 0 unspecified atom stereocenters. The molecule has 0 saturated carbocycles. The highest BCUT2D eigenvalue weighted by Gasteiger charge is 2.31. The van der Waals surface area contributed by atoms with Crippen molar-refractivity contribution in [2.45, 2.75) is 26.1 Å². The maximum atomic E-state index is 13.0. The van der Waals surface area contributed by atoms with Gasteiger partial charge in [0.2, 0.25) is 0 Å². The van der Waals surface area contributed by atoms with Crippen LogP contribution >= 0.6 is 0 Å². The van der Waals surface area contributed by atoms with Gasteiger partial charge in [-0.25, -0.2) is 4.98 Å². The van der Waals surface area contributed by atoms with Crippen molar-refractivity contribution in [3.05, 3.63) is 77.3 Å². The molecule has 29 heavy (non-hydrogen) atoms. The van der Waals surface area contributed by atoms with Crippen LogP contribution in [0.15, 0.2) is 53.3 Å². The minimum atomic E-state index is -0.298. The third-order valence-electron chi connectivity index (χ3n) is 4.97. The van der Waals surface area contributed by atoms with Crippen LogP contribution in [-0.4, -0.2) is 32.8 Å². The lowest BCUT2D eigenvalue weighted by molar-refractivity contribution is 0.0638. The molecular formula is C21H19N5O3. The van der Waals surface area contributed by atoms with Crippen molar-refractivity contribution in [1.82, 2.24) is 19.8 Å². The second-order valence-electron chi connectivity index (χ2n) is 6.81. The summed E-state index contributed by atoms with van der Waals surface area (Å²) in [5.74, 6) is 0.860. The molecule has 3 heterocycles. The Labute approximate surface area is 167 Å². The topological polar surface area (TPSA) is 104 Å². The predicted octanol–water partition coefficient (Wildman–Crippen LogP) is 2.49. The average Bonchev–Trinajstić information content (AvgIpc) is 3.42. The van der Waals surface area contributed by atoms with E-state index in [0.717, 1.165) is 0 Å². The van der Waals surface area contributed by atoms with Crippen molar-refractivity contribution in [3.63, 3.8) is 0 Å². The number of nitrogens with one attached hydrogen (secondary N) is 1. The standard InChI is InChI=1S/C21H19N5O3/c1-14-19-24-18(20(27)23-12-17-6-3-9-29-17)13-25(19)7-8-26(14)21(28)16-5-2-4-15(10-16)11-22/h2-6,9-10,13-14H,7-8,12H2,1H3,(H,23,27)/t14-/m0/s1. The van der Waals surface area contributed by atoms with Crippen LogP contribution in [-0.2, 0) is 13.1 Å². The number of benzene rings is 1. The molecule has 0 spiro atoms. The van der Waals surface area contributed by atoms with Gasteiger partial charge < -0.3 is 19.2 Å². The van der Waals surface area contributed by atoms with Crippen LogP contribution in [0, 0.1) is 11.3 Å². The zero-order chi connectivity index (χ0) is 20.4. The largest absolute Gasteiger partial charge is 0.467 e. The van der Waals surface area contributed by atoms with Gasteiger partial charge in [-0.2, -0.15) is 5.26 Å². The first-order valence-corrected chi connectivity index (χ1v) is 9.25. The van der Waals surface area contributed by atoms with Gasteiger partial charge in [0.05, 0.1) is 30.5 Å². The minimum Gasteiger partial charge on any atom is -0.467 e. The number of hydrogen-bond acceptors (Lipinski definition) is 5. The van der Waals surface area contributed by atoms with Gasteiger partial charge >= 0.3 is 0 Å². The van der Waals surface area contributed by atoms with Crippen molar-refractivity contribution in [2.24, 2.45) is 0 Å². The van der Waals surface area contributed by atoms with E-state index >= 15 is 0 Å². The number of fused-ring (bicyclic) bond motifs is 1. The molecule has 146 valence electrons. The normalized spacial score (nSPS) is 15.4. The maximum absolute atomic E-state index is 13.0. The molecule has 2 amide bonds. The fourth-order valence-electron chi connectivity index (χ4n) is 3.44. The smallest absolute Gasteiger partial charge is 0.271 e. The lowest BCUT2D eigenvalue weighted by Gasteiger charge is -2.33. The first-order chi connectivity index (χ1) is 14.1. The summed E-state index contributed by atoms with van der Waals surface area (Å²) in [4.78, 5) is 31.6. The lowest BCUT2D eigenvalue weighted by Crippen LogP contribution is -2.41. The fourth-order valence-corrected chi connectivity index (χ4v) is 3.44. The van der Waals surface area contributed by atoms with Gasteiger partial charge in [0.25, 0.3) is 11.8 Å². The summed E-state index contributed by atoms with van der Waals surface area (Å²) in [6.45, 7) is 3.20. The Balaban J connectivity index is 1.50. The third-order valence-corrected chi connectivity index (χ3v) is 4.97. The minimum absolute atomic E-state index is 0.160. The van der Waals surface area contributed by atoms with Crippen molar-refractivity contribution < 1.29 is 14.0 Å². The van der Waals surface area contributed by atoms with E-state index in [4.69, 9.17) is 9.68 Å². The molecule has 2 aromatic heterocycles. The number of carbonyl (C=O) groups is 2. The number of aromatic nitrogens is 2. The summed E-state index contributed by atoms with van der Waals surface area (Å²) >= 11 is 0. The summed E-state index contributed by atoms with van der Waals surface area (Å²) in [6, 6.07) is 11.9. The Hall–Kier alpha value is -3.86. The number of carbonyl (C=O) groups excluding carboxylic acids is 2. The highest BCUT2D eigenvalue weighted by atomic mass is 16.3. The van der Waals surface area contributed by atoms with Gasteiger partial charge in [-0.1, -0.05) is 6.07 Å². The SMILES string of the molecule is C[C@H]1c2nc(C(=O)NCc3ccco3)cn2CCN1C(=O)c1cccc(C#N)c1. The molecule has 1 aliphatic heterocycles. The molecule has 1 aromatic carbocycles. The molecule has 0 saturated heterocycles. The first kappa shape index (κ1) is 18.5. The van der Waals surface area contributed by atoms with Gasteiger partial charge in [0.15, 0.2) is 0 Å². The number of furan rings is 1. The van der Waals surface area contributed by atoms with E-state index in [-0.39, 0.29) is 24.4 Å². The number of amides is 2. The van der Waals surface area contributed by atoms with Crippen molar-refractivity contribution in [1.29, 1.82) is 5.26 Å². The van der Waals surface area contributed by atoms with E-state index in [1.54, 1.807) is 53.8 Å². The summed E-state index contributed by atoms with van der Waals surface area (Å²) in [7, 11) is 0. The molecule has 0 radical (unpaired) electrons. The Kier molecular flexibility index (Phi) is 4.87. The molecule has 1 aliphatic rings. The first-order valence-electron chi connectivity index (χ1n) is 9.25. The third kappa shape index (κ3) is 3.62. The van der Waals surface area contributed by atoms with Crippen LogP contribution in [0.2, 0.25) is 0 Å². The van der Waals surface area contributed by atoms with Crippen LogP contribution in [0.25, 0.3) is 0 Å². The molecule has 4 rings (SSSR count). The van der Waals surface area contributed by atoms with Crippen molar-refractivity contribution in [3.8, 4) is 6.07 Å². The molecule has 8 heteroatoms. The molecule has 0 fully saturated rings. The quantitative estimate of drug-likeness (QED) is 0.738. The molecule has 1 N–H and O–H groups in total. The number of hydrogen-bond donors (Lipinski definition) is 1. The predicted molar refractivity (Wildman–Crippen MR) is 103 cm³/mol. The zero-order valence-electron chi connectivity index (χ0n) is 15.8. The van der Waals surface area contributed by atoms with E-state index in [0.29, 0.717) is 41.5 Å². The van der Waals surface area contributed by atoms with Crippen LogP contribution < -0.4 is 5.32 Å². The Morgan fingerprint density at radius 2 is 2.17 bits per heavy atom. The molecule has 3 aromatic rings. The summed E-state index contributed by atoms with van der Waals surface area (Å²) in [6.07, 6.45) is 3.26. The van der Waals surface area contributed by atoms with Gasteiger partial charge in [0.1, 0.15) is 17.3 Å². The highest BCUT2D eigenvalue weighted by Crippen LogP contribution is 2.26. The monoisotopic (exact) mass is 389 g/mol. The van der Waals surface area contributed by atoms with E-state index in [2.05, 4.69) is 16.4 Å². The number of nitriles is 1. The second-order valence-corrected chi connectivity index (χ2v) is 6.81. The summed E-state index contributed by atoms with van der Waals surface area (Å²) < 4.78 is 7.12. The van der Waals surface area contributed by atoms with E-state index in [1.165, 1.54) is 0 Å². The van der Waals surface area contributed by atoms with Crippen LogP contribution in [0.3, 0.4) is 0 Å². The van der Waals surface area contributed by atoms with Crippen molar-refractivity contribution >= 4 is 11.8 Å². The van der Waals surface area contributed by atoms with Crippen LogP contribution in [0.1, 0.15) is 51.0 Å². The Morgan fingerprint density at radius 3 is 2.93 bits per heavy atom.